The number of para-hydroxylation sites is 1. The predicted molar refractivity (Wildman–Crippen MR) is 62.1 cm³/mol. The van der Waals surface area contributed by atoms with Gasteiger partial charge in [0.15, 0.2) is 0 Å². The number of nitrogens with one attached hydrogen (secondary N) is 1. The van der Waals surface area contributed by atoms with E-state index < -0.39 is 11.4 Å². The molecule has 2 aromatic rings. The van der Waals surface area contributed by atoms with Crippen molar-refractivity contribution in [2.45, 2.75) is 0 Å². The van der Waals surface area contributed by atoms with Gasteiger partial charge in [-0.3, -0.25) is 9.47 Å². The van der Waals surface area contributed by atoms with E-state index in [1.807, 2.05) is 0 Å². The Morgan fingerprint density at radius 3 is 2.71 bits per heavy atom. The number of aromatic nitrogens is 1. The highest BCUT2D eigenvalue weighted by Crippen LogP contribution is 2.21. The topological polar surface area (TPSA) is 91.6 Å². The smallest absolute Gasteiger partial charge is 0.341 e. The quantitative estimate of drug-likeness (QED) is 0.706. The van der Waals surface area contributed by atoms with Crippen molar-refractivity contribution in [1.29, 1.82) is 0 Å². The molecular formula is C11H10N2O4. The van der Waals surface area contributed by atoms with Crippen LogP contribution in [0.25, 0.3) is 10.9 Å². The van der Waals surface area contributed by atoms with E-state index in [1.54, 1.807) is 7.05 Å². The number of phenolic OH excluding ortho intramolecular Hbond substituents is 1. The molecule has 0 bridgehead atoms. The third kappa shape index (κ3) is 1.59. The Bertz CT molecular complexity index is 660. The molecule has 17 heavy (non-hydrogen) atoms. The molecule has 0 aliphatic heterocycles. The van der Waals surface area contributed by atoms with Crippen LogP contribution in [-0.4, -0.2) is 27.9 Å². The molecule has 0 atom stereocenters. The van der Waals surface area contributed by atoms with Gasteiger partial charge < -0.3 is 15.6 Å². The number of nitrogens with zero attached hydrogens (tertiary/aromatic N) is 1. The van der Waals surface area contributed by atoms with Crippen molar-refractivity contribution >= 4 is 16.9 Å². The molecule has 0 radical (unpaired) electrons. The minimum atomic E-state index is -1.30. The molecule has 6 heteroatoms. The number of carboxylic acid groups (broad SMARTS) is 1. The number of aromatic carboxylic acids is 1. The van der Waals surface area contributed by atoms with E-state index in [1.165, 1.54) is 22.9 Å². The molecule has 1 heterocycles. The van der Waals surface area contributed by atoms with Gasteiger partial charge in [-0.2, -0.15) is 0 Å². The number of pyridine rings is 1. The minimum absolute atomic E-state index is 0.0918. The van der Waals surface area contributed by atoms with Crippen molar-refractivity contribution in [1.82, 2.24) is 4.68 Å². The molecule has 0 aliphatic carbocycles. The number of benzene rings is 1. The fourth-order valence-corrected chi connectivity index (χ4v) is 1.69. The zero-order chi connectivity index (χ0) is 12.6. The van der Waals surface area contributed by atoms with Gasteiger partial charge >= 0.3 is 5.97 Å². The summed E-state index contributed by atoms with van der Waals surface area (Å²) in [5.74, 6) is -1.39. The van der Waals surface area contributed by atoms with Crippen molar-refractivity contribution in [3.63, 3.8) is 0 Å². The highest BCUT2D eigenvalue weighted by Gasteiger charge is 2.15. The molecule has 3 N–H and O–H groups in total. The summed E-state index contributed by atoms with van der Waals surface area (Å²) >= 11 is 0. The van der Waals surface area contributed by atoms with Crippen LogP contribution in [0.15, 0.2) is 29.2 Å². The van der Waals surface area contributed by atoms with Crippen LogP contribution in [0.3, 0.4) is 0 Å². The number of rotatable bonds is 2. The van der Waals surface area contributed by atoms with E-state index >= 15 is 0 Å². The molecule has 0 amide bonds. The van der Waals surface area contributed by atoms with Gasteiger partial charge in [0.1, 0.15) is 16.8 Å². The summed E-state index contributed by atoms with van der Waals surface area (Å²) in [6.45, 7) is 0. The fourth-order valence-electron chi connectivity index (χ4n) is 1.69. The van der Waals surface area contributed by atoms with Gasteiger partial charge in [0.25, 0.3) is 0 Å². The third-order valence-electron chi connectivity index (χ3n) is 2.47. The van der Waals surface area contributed by atoms with E-state index in [0.29, 0.717) is 0 Å². The lowest BCUT2D eigenvalue weighted by Gasteiger charge is -2.12. The number of carbonyl (C=O) groups is 1. The first kappa shape index (κ1) is 11.0. The van der Waals surface area contributed by atoms with Crippen LogP contribution < -0.4 is 10.9 Å². The van der Waals surface area contributed by atoms with Crippen molar-refractivity contribution in [3.8, 4) is 5.75 Å². The summed E-state index contributed by atoms with van der Waals surface area (Å²) < 4.78 is 1.30. The van der Waals surface area contributed by atoms with Crippen LogP contribution in [0.4, 0.5) is 0 Å². The van der Waals surface area contributed by atoms with Crippen molar-refractivity contribution in [3.05, 3.63) is 40.2 Å². The number of hydrogen-bond donors (Lipinski definition) is 3. The van der Waals surface area contributed by atoms with Gasteiger partial charge in [0.05, 0.1) is 5.39 Å². The zero-order valence-corrected chi connectivity index (χ0v) is 8.97. The van der Waals surface area contributed by atoms with Crippen LogP contribution in [0, 0.1) is 0 Å². The maximum atomic E-state index is 11.9. The van der Waals surface area contributed by atoms with E-state index in [9.17, 15) is 14.7 Å². The average molecular weight is 234 g/mol. The van der Waals surface area contributed by atoms with Crippen LogP contribution in [-0.2, 0) is 0 Å². The molecule has 6 nitrogen and oxygen atoms in total. The Morgan fingerprint density at radius 2 is 2.12 bits per heavy atom. The SMILES string of the molecule is CNn1cc(C(=O)O)c(=O)c2cccc(O)c21. The lowest BCUT2D eigenvalue weighted by Crippen LogP contribution is -2.21. The first-order chi connectivity index (χ1) is 8.06. The molecule has 0 fully saturated rings. The van der Waals surface area contributed by atoms with E-state index in [4.69, 9.17) is 5.11 Å². The van der Waals surface area contributed by atoms with Crippen LogP contribution in [0.5, 0.6) is 5.75 Å². The lowest BCUT2D eigenvalue weighted by atomic mass is 10.1. The Hall–Kier alpha value is -2.50. The summed E-state index contributed by atoms with van der Waals surface area (Å²) in [4.78, 5) is 22.8. The van der Waals surface area contributed by atoms with Gasteiger partial charge in [-0.05, 0) is 12.1 Å². The lowest BCUT2D eigenvalue weighted by molar-refractivity contribution is 0.0695. The molecule has 88 valence electrons. The summed E-state index contributed by atoms with van der Waals surface area (Å²) in [5.41, 5.74) is 1.98. The Morgan fingerprint density at radius 1 is 1.41 bits per heavy atom. The van der Waals surface area contributed by atoms with Crippen molar-refractivity contribution < 1.29 is 15.0 Å². The number of aromatic hydroxyl groups is 1. The third-order valence-corrected chi connectivity index (χ3v) is 2.47. The molecule has 0 saturated carbocycles. The predicted octanol–water partition coefficient (Wildman–Crippen LogP) is 0.579. The molecule has 0 saturated heterocycles. The van der Waals surface area contributed by atoms with Gasteiger partial charge in [-0.15, -0.1) is 0 Å². The maximum absolute atomic E-state index is 11.9. The van der Waals surface area contributed by atoms with E-state index in [2.05, 4.69) is 5.43 Å². The molecule has 0 spiro atoms. The normalized spacial score (nSPS) is 10.4. The second kappa shape index (κ2) is 3.82. The van der Waals surface area contributed by atoms with Gasteiger partial charge in [-0.1, -0.05) is 6.07 Å². The first-order valence-corrected chi connectivity index (χ1v) is 4.84. The Labute approximate surface area is 95.7 Å². The zero-order valence-electron chi connectivity index (χ0n) is 8.97. The van der Waals surface area contributed by atoms with Crippen LogP contribution >= 0.6 is 0 Å². The van der Waals surface area contributed by atoms with E-state index in [0.717, 1.165) is 6.20 Å². The Kier molecular flexibility index (Phi) is 2.47. The van der Waals surface area contributed by atoms with Gasteiger partial charge in [0.2, 0.25) is 5.43 Å². The molecule has 0 aliphatic rings. The van der Waals surface area contributed by atoms with Crippen molar-refractivity contribution in [2.75, 3.05) is 12.5 Å². The largest absolute Gasteiger partial charge is 0.506 e. The molecule has 1 aromatic carbocycles. The highest BCUT2D eigenvalue weighted by atomic mass is 16.4. The highest BCUT2D eigenvalue weighted by molar-refractivity contribution is 5.94. The molecular weight excluding hydrogens is 224 g/mol. The number of fused-ring (bicyclic) bond motifs is 1. The standard InChI is InChI=1S/C11H10N2O4/c1-12-13-5-7(11(16)17)10(15)6-3-2-4-8(14)9(6)13/h2-5,12,14H,1H3,(H,16,17). The molecule has 0 unspecified atom stereocenters. The number of carboxylic acids is 1. The summed E-state index contributed by atoms with van der Waals surface area (Å²) in [5, 5.41) is 18.8. The Balaban J connectivity index is 3.00. The number of phenols is 1. The van der Waals surface area contributed by atoms with Crippen LogP contribution in [0.2, 0.25) is 0 Å². The van der Waals surface area contributed by atoms with Crippen molar-refractivity contribution in [2.24, 2.45) is 0 Å². The summed E-state index contributed by atoms with van der Waals surface area (Å²) in [7, 11) is 1.56. The molecule has 1 aromatic heterocycles. The minimum Gasteiger partial charge on any atom is -0.506 e. The van der Waals surface area contributed by atoms with Gasteiger partial charge in [-0.25, -0.2) is 4.79 Å². The second-order valence-electron chi connectivity index (χ2n) is 3.44. The van der Waals surface area contributed by atoms with Crippen LogP contribution in [0.1, 0.15) is 10.4 Å². The molecule has 2 rings (SSSR count). The fraction of sp³-hybridized carbons (Fsp3) is 0.0909. The number of hydrogen-bond acceptors (Lipinski definition) is 4. The average Bonchev–Trinajstić information content (AvgIpc) is 2.30. The van der Waals surface area contributed by atoms with E-state index in [-0.39, 0.29) is 22.2 Å². The maximum Gasteiger partial charge on any atom is 0.341 e. The summed E-state index contributed by atoms with van der Waals surface area (Å²) in [6, 6.07) is 4.39. The summed E-state index contributed by atoms with van der Waals surface area (Å²) in [6.07, 6.45) is 1.15. The second-order valence-corrected chi connectivity index (χ2v) is 3.44. The first-order valence-electron chi connectivity index (χ1n) is 4.84. The van der Waals surface area contributed by atoms with Gasteiger partial charge in [0, 0.05) is 13.2 Å². The monoisotopic (exact) mass is 234 g/mol.